The minimum absolute atomic E-state index is 0.215. The molecule has 0 aliphatic carbocycles. The minimum atomic E-state index is -4.27. The maximum atomic E-state index is 13.3. The van der Waals surface area contributed by atoms with Crippen LogP contribution in [-0.4, -0.2) is 57.6 Å². The van der Waals surface area contributed by atoms with Gasteiger partial charge in [-0.25, -0.2) is 17.7 Å². The number of hydrogen-bond donors (Lipinski definition) is 0. The van der Waals surface area contributed by atoms with Gasteiger partial charge >= 0.3 is 0 Å². The number of ether oxygens (including phenoxy) is 2. The smallest absolute Gasteiger partial charge is 0.252 e. The second kappa shape index (κ2) is 9.00. The first-order valence-corrected chi connectivity index (χ1v) is 10.5. The number of nitrogens with zero attached hydrogens (tertiary/aromatic N) is 2. The molecule has 0 aromatic heterocycles. The Hall–Kier alpha value is -2.66. The molecule has 0 radical (unpaired) electrons. The van der Waals surface area contributed by atoms with Crippen molar-refractivity contribution in [3.63, 3.8) is 0 Å². The summed E-state index contributed by atoms with van der Waals surface area (Å²) in [6.07, 6.45) is -1.32. The molecular formula is C20H21FN2O6S. The lowest BCUT2D eigenvalue weighted by Gasteiger charge is -2.29. The molecule has 160 valence electrons. The zero-order valence-corrected chi connectivity index (χ0v) is 17.2. The van der Waals surface area contributed by atoms with E-state index in [1.165, 1.54) is 14.2 Å². The lowest BCUT2D eigenvalue weighted by atomic mass is 10.2. The van der Waals surface area contributed by atoms with Crippen molar-refractivity contribution in [3.8, 4) is 0 Å². The molecule has 1 saturated heterocycles. The third kappa shape index (κ3) is 4.26. The van der Waals surface area contributed by atoms with Crippen molar-refractivity contribution in [2.45, 2.75) is 23.6 Å². The summed E-state index contributed by atoms with van der Waals surface area (Å²) in [4.78, 5) is 26.5. The molecule has 0 bridgehead atoms. The maximum absolute atomic E-state index is 13.3. The average Bonchev–Trinajstić information content (AvgIpc) is 3.03. The summed E-state index contributed by atoms with van der Waals surface area (Å²) in [5.74, 6) is -1.81. The molecule has 3 rings (SSSR count). The van der Waals surface area contributed by atoms with Crippen LogP contribution in [0.1, 0.15) is 6.42 Å². The topological polar surface area (TPSA) is 93.2 Å². The van der Waals surface area contributed by atoms with Gasteiger partial charge in [0.05, 0.1) is 23.5 Å². The van der Waals surface area contributed by atoms with Crippen LogP contribution in [0.3, 0.4) is 0 Å². The number of halogens is 1. The first-order chi connectivity index (χ1) is 14.3. The fraction of sp³-hybridized carbons (Fsp3) is 0.300. The number of carbonyl (C=O) groups is 2. The largest absolute Gasteiger partial charge is 0.354 e. The lowest BCUT2D eigenvalue weighted by molar-refractivity contribution is -0.125. The zero-order chi connectivity index (χ0) is 21.9. The standard InChI is InChI=1S/C20H21FN2O6S/c1-28-19(29-2)13-22(30(26,27)16-10-8-14(21)9-11-16)17-12-18(24)23(20(17)25)15-6-4-3-5-7-15/h3-11,17,19H,12-13H2,1-2H3. The molecule has 1 heterocycles. The minimum Gasteiger partial charge on any atom is -0.354 e. The fourth-order valence-corrected chi connectivity index (χ4v) is 4.78. The Morgan fingerprint density at radius 1 is 1.07 bits per heavy atom. The van der Waals surface area contributed by atoms with Gasteiger partial charge in [-0.2, -0.15) is 4.31 Å². The van der Waals surface area contributed by atoms with Gasteiger partial charge in [-0.3, -0.25) is 9.59 Å². The number of rotatable bonds is 8. The van der Waals surface area contributed by atoms with Crippen LogP contribution in [0, 0.1) is 5.82 Å². The van der Waals surface area contributed by atoms with Gasteiger partial charge in [0.25, 0.3) is 5.91 Å². The summed E-state index contributed by atoms with van der Waals surface area (Å²) in [5.41, 5.74) is 0.351. The molecule has 30 heavy (non-hydrogen) atoms. The highest BCUT2D eigenvalue weighted by atomic mass is 32.2. The van der Waals surface area contributed by atoms with E-state index < -0.39 is 40.0 Å². The highest BCUT2D eigenvalue weighted by Gasteiger charge is 2.47. The Balaban J connectivity index is 2.01. The Bertz CT molecular complexity index is 1010. The van der Waals surface area contributed by atoms with Gasteiger partial charge in [0, 0.05) is 14.2 Å². The van der Waals surface area contributed by atoms with E-state index in [2.05, 4.69) is 0 Å². The fourth-order valence-electron chi connectivity index (χ4n) is 3.22. The Morgan fingerprint density at radius 3 is 2.23 bits per heavy atom. The van der Waals surface area contributed by atoms with E-state index >= 15 is 0 Å². The van der Waals surface area contributed by atoms with Gasteiger partial charge < -0.3 is 9.47 Å². The summed E-state index contributed by atoms with van der Waals surface area (Å²) in [5, 5.41) is 0. The predicted octanol–water partition coefficient (Wildman–Crippen LogP) is 1.77. The molecule has 0 N–H and O–H groups in total. The van der Waals surface area contributed by atoms with Gasteiger partial charge in [-0.15, -0.1) is 0 Å². The van der Waals surface area contributed by atoms with Gasteiger partial charge in [0.15, 0.2) is 6.29 Å². The van der Waals surface area contributed by atoms with Crippen LogP contribution in [0.25, 0.3) is 0 Å². The van der Waals surface area contributed by atoms with E-state index in [1.807, 2.05) is 0 Å². The molecular weight excluding hydrogens is 415 g/mol. The maximum Gasteiger partial charge on any atom is 0.252 e. The summed E-state index contributed by atoms with van der Waals surface area (Å²) >= 11 is 0. The molecule has 0 saturated carbocycles. The number of amides is 2. The Kier molecular flexibility index (Phi) is 6.61. The van der Waals surface area contributed by atoms with E-state index in [-0.39, 0.29) is 17.9 Å². The van der Waals surface area contributed by atoms with E-state index in [4.69, 9.17) is 9.47 Å². The van der Waals surface area contributed by atoms with Crippen molar-refractivity contribution in [1.29, 1.82) is 0 Å². The number of methoxy groups -OCH3 is 2. The molecule has 0 spiro atoms. The third-order valence-corrected chi connectivity index (χ3v) is 6.65. The number of sulfonamides is 1. The number of carbonyl (C=O) groups excluding carboxylic acids is 2. The van der Waals surface area contributed by atoms with E-state index in [0.717, 1.165) is 33.5 Å². The summed E-state index contributed by atoms with van der Waals surface area (Å²) in [6, 6.07) is 11.2. The predicted molar refractivity (Wildman–Crippen MR) is 105 cm³/mol. The van der Waals surface area contributed by atoms with E-state index in [1.54, 1.807) is 30.3 Å². The van der Waals surface area contributed by atoms with Crippen molar-refractivity contribution in [1.82, 2.24) is 4.31 Å². The lowest BCUT2D eigenvalue weighted by Crippen LogP contribution is -2.49. The first kappa shape index (κ1) is 22.0. The molecule has 2 amide bonds. The van der Waals surface area contributed by atoms with Gasteiger partial charge in [-0.05, 0) is 36.4 Å². The number of anilines is 1. The number of imide groups is 1. The van der Waals surface area contributed by atoms with Crippen LogP contribution in [0.4, 0.5) is 10.1 Å². The van der Waals surface area contributed by atoms with Crippen LogP contribution in [0.15, 0.2) is 59.5 Å². The summed E-state index contributed by atoms with van der Waals surface area (Å²) in [6.45, 7) is -0.334. The van der Waals surface area contributed by atoms with Crippen LogP contribution in [0.2, 0.25) is 0 Å². The number of benzene rings is 2. The van der Waals surface area contributed by atoms with Crippen LogP contribution >= 0.6 is 0 Å². The SMILES string of the molecule is COC(CN(C1CC(=O)N(c2ccccc2)C1=O)S(=O)(=O)c1ccc(F)cc1)OC. The van der Waals surface area contributed by atoms with Gasteiger partial charge in [0.2, 0.25) is 15.9 Å². The highest BCUT2D eigenvalue weighted by Crippen LogP contribution is 2.29. The average molecular weight is 436 g/mol. The highest BCUT2D eigenvalue weighted by molar-refractivity contribution is 7.89. The first-order valence-electron chi connectivity index (χ1n) is 9.04. The number of para-hydroxylation sites is 1. The Labute approximate surface area is 173 Å². The number of hydrogen-bond acceptors (Lipinski definition) is 6. The zero-order valence-electron chi connectivity index (χ0n) is 16.4. The third-order valence-electron chi connectivity index (χ3n) is 4.76. The van der Waals surface area contributed by atoms with Gasteiger partial charge in [-0.1, -0.05) is 18.2 Å². The second-order valence-corrected chi connectivity index (χ2v) is 8.44. The van der Waals surface area contributed by atoms with Crippen LogP contribution in [-0.2, 0) is 29.1 Å². The quantitative estimate of drug-likeness (QED) is 0.463. The van der Waals surface area contributed by atoms with E-state index in [0.29, 0.717) is 5.69 Å². The van der Waals surface area contributed by atoms with Crippen molar-refractivity contribution < 1.29 is 31.9 Å². The molecule has 8 nitrogen and oxygen atoms in total. The Morgan fingerprint density at radius 2 is 1.67 bits per heavy atom. The summed E-state index contributed by atoms with van der Waals surface area (Å²) < 4.78 is 51.0. The summed E-state index contributed by atoms with van der Waals surface area (Å²) in [7, 11) is -1.62. The molecule has 2 aromatic carbocycles. The van der Waals surface area contributed by atoms with Crippen molar-refractivity contribution in [2.75, 3.05) is 25.7 Å². The van der Waals surface area contributed by atoms with Crippen molar-refractivity contribution in [2.24, 2.45) is 0 Å². The molecule has 1 unspecified atom stereocenters. The van der Waals surface area contributed by atoms with E-state index in [9.17, 15) is 22.4 Å². The molecule has 1 atom stereocenters. The van der Waals surface area contributed by atoms with Crippen LogP contribution < -0.4 is 4.90 Å². The van der Waals surface area contributed by atoms with Crippen molar-refractivity contribution >= 4 is 27.5 Å². The molecule has 1 aliphatic rings. The molecule has 1 fully saturated rings. The normalized spacial score (nSPS) is 17.4. The molecule has 2 aromatic rings. The second-order valence-electron chi connectivity index (χ2n) is 6.55. The van der Waals surface area contributed by atoms with Crippen molar-refractivity contribution in [3.05, 3.63) is 60.4 Å². The van der Waals surface area contributed by atoms with Crippen LogP contribution in [0.5, 0.6) is 0 Å². The molecule has 10 heteroatoms. The van der Waals surface area contributed by atoms with Gasteiger partial charge in [0.1, 0.15) is 11.9 Å². The molecule has 1 aliphatic heterocycles. The monoisotopic (exact) mass is 436 g/mol.